The van der Waals surface area contributed by atoms with Crippen LogP contribution < -0.4 is 10.1 Å². The third-order valence-corrected chi connectivity index (χ3v) is 4.23. The van der Waals surface area contributed by atoms with E-state index in [0.717, 1.165) is 23.6 Å². The standard InChI is InChI=1S/C20H22FN3O/c1-14(22-11-18-12-23-24-15(18)2)17-5-9-20(10-6-17)25-13-16-3-7-19(21)8-4-16/h3-10,12,14,22H,11,13H2,1-2H3,(H,23,24). The molecule has 130 valence electrons. The summed E-state index contributed by atoms with van der Waals surface area (Å²) in [5.41, 5.74) is 4.39. The lowest BCUT2D eigenvalue weighted by molar-refractivity contribution is 0.306. The fourth-order valence-electron chi connectivity index (χ4n) is 2.53. The maximum atomic E-state index is 12.9. The van der Waals surface area contributed by atoms with Crippen LogP contribution in [-0.4, -0.2) is 10.2 Å². The van der Waals surface area contributed by atoms with Gasteiger partial charge in [0.2, 0.25) is 0 Å². The number of ether oxygens (including phenoxy) is 1. The number of aromatic nitrogens is 2. The molecule has 3 rings (SSSR count). The van der Waals surface area contributed by atoms with Crippen molar-refractivity contribution in [1.82, 2.24) is 15.5 Å². The Hall–Kier alpha value is -2.66. The Labute approximate surface area is 147 Å². The molecule has 5 heteroatoms. The Morgan fingerprint density at radius 2 is 1.84 bits per heavy atom. The Balaban J connectivity index is 1.52. The summed E-state index contributed by atoms with van der Waals surface area (Å²) in [6.45, 7) is 5.34. The summed E-state index contributed by atoms with van der Waals surface area (Å²) < 4.78 is 18.6. The van der Waals surface area contributed by atoms with Gasteiger partial charge in [0.1, 0.15) is 18.2 Å². The molecule has 0 aliphatic rings. The van der Waals surface area contributed by atoms with Gasteiger partial charge in [0.15, 0.2) is 0 Å². The molecule has 1 atom stereocenters. The van der Waals surface area contributed by atoms with Crippen LogP contribution in [0.15, 0.2) is 54.7 Å². The number of hydrogen-bond donors (Lipinski definition) is 2. The Bertz CT molecular complexity index is 797. The summed E-state index contributed by atoms with van der Waals surface area (Å²) in [7, 11) is 0. The SMILES string of the molecule is Cc1[nH]ncc1CNC(C)c1ccc(OCc2ccc(F)cc2)cc1. The highest BCUT2D eigenvalue weighted by Crippen LogP contribution is 2.19. The number of aryl methyl sites for hydroxylation is 1. The van der Waals surface area contributed by atoms with Crippen LogP contribution in [0.2, 0.25) is 0 Å². The minimum atomic E-state index is -0.236. The highest BCUT2D eigenvalue weighted by atomic mass is 19.1. The molecule has 0 spiro atoms. The number of hydrogen-bond acceptors (Lipinski definition) is 3. The van der Waals surface area contributed by atoms with Crippen molar-refractivity contribution < 1.29 is 9.13 Å². The smallest absolute Gasteiger partial charge is 0.123 e. The fraction of sp³-hybridized carbons (Fsp3) is 0.250. The zero-order valence-electron chi connectivity index (χ0n) is 14.4. The van der Waals surface area contributed by atoms with Crippen molar-refractivity contribution in [3.05, 3.63) is 82.9 Å². The van der Waals surface area contributed by atoms with Gasteiger partial charge in [-0.05, 0) is 49.2 Å². The molecule has 3 aromatic rings. The monoisotopic (exact) mass is 339 g/mol. The van der Waals surface area contributed by atoms with E-state index in [4.69, 9.17) is 4.74 Å². The second-order valence-corrected chi connectivity index (χ2v) is 6.11. The Morgan fingerprint density at radius 3 is 2.48 bits per heavy atom. The van der Waals surface area contributed by atoms with Crippen LogP contribution in [0, 0.1) is 12.7 Å². The van der Waals surface area contributed by atoms with E-state index in [0.29, 0.717) is 6.61 Å². The van der Waals surface area contributed by atoms with Gasteiger partial charge in [0.05, 0.1) is 6.20 Å². The molecule has 2 aromatic carbocycles. The average molecular weight is 339 g/mol. The van der Waals surface area contributed by atoms with Crippen molar-refractivity contribution in [3.63, 3.8) is 0 Å². The summed E-state index contributed by atoms with van der Waals surface area (Å²) in [6, 6.07) is 14.6. The molecule has 4 nitrogen and oxygen atoms in total. The predicted molar refractivity (Wildman–Crippen MR) is 95.8 cm³/mol. The van der Waals surface area contributed by atoms with E-state index in [1.807, 2.05) is 25.3 Å². The van der Waals surface area contributed by atoms with Crippen LogP contribution in [0.3, 0.4) is 0 Å². The number of nitrogens with one attached hydrogen (secondary N) is 2. The number of H-pyrrole nitrogens is 1. The van der Waals surface area contributed by atoms with E-state index in [2.05, 4.69) is 34.6 Å². The van der Waals surface area contributed by atoms with Gasteiger partial charge < -0.3 is 10.1 Å². The summed E-state index contributed by atoms with van der Waals surface area (Å²) in [5, 5.41) is 10.5. The molecule has 1 unspecified atom stereocenters. The first-order chi connectivity index (χ1) is 12.1. The van der Waals surface area contributed by atoms with Gasteiger partial charge in [-0.15, -0.1) is 0 Å². The van der Waals surface area contributed by atoms with Gasteiger partial charge in [-0.25, -0.2) is 4.39 Å². The molecule has 0 saturated heterocycles. The number of halogens is 1. The highest BCUT2D eigenvalue weighted by Gasteiger charge is 2.07. The lowest BCUT2D eigenvalue weighted by Gasteiger charge is -2.15. The predicted octanol–water partition coefficient (Wildman–Crippen LogP) is 4.29. The van der Waals surface area contributed by atoms with Crippen molar-refractivity contribution in [3.8, 4) is 5.75 Å². The Kier molecular flexibility index (Phi) is 5.46. The molecule has 0 fully saturated rings. The average Bonchev–Trinajstić information content (AvgIpc) is 3.04. The van der Waals surface area contributed by atoms with Crippen LogP contribution >= 0.6 is 0 Å². The van der Waals surface area contributed by atoms with Gasteiger partial charge in [0, 0.05) is 23.8 Å². The van der Waals surface area contributed by atoms with Gasteiger partial charge in [0.25, 0.3) is 0 Å². The van der Waals surface area contributed by atoms with E-state index in [-0.39, 0.29) is 11.9 Å². The molecule has 0 amide bonds. The number of aromatic amines is 1. The molecule has 0 aliphatic carbocycles. The van der Waals surface area contributed by atoms with Crippen LogP contribution in [0.5, 0.6) is 5.75 Å². The normalized spacial score (nSPS) is 12.1. The highest BCUT2D eigenvalue weighted by molar-refractivity contribution is 5.29. The lowest BCUT2D eigenvalue weighted by Crippen LogP contribution is -2.18. The number of rotatable bonds is 7. The van der Waals surface area contributed by atoms with Crippen molar-refractivity contribution in [1.29, 1.82) is 0 Å². The van der Waals surface area contributed by atoms with Crippen LogP contribution in [0.25, 0.3) is 0 Å². The minimum absolute atomic E-state index is 0.223. The maximum Gasteiger partial charge on any atom is 0.123 e. The molecular weight excluding hydrogens is 317 g/mol. The zero-order chi connectivity index (χ0) is 17.6. The summed E-state index contributed by atoms with van der Waals surface area (Å²) >= 11 is 0. The van der Waals surface area contributed by atoms with Crippen molar-refractivity contribution >= 4 is 0 Å². The zero-order valence-corrected chi connectivity index (χ0v) is 14.4. The van der Waals surface area contributed by atoms with Crippen molar-refractivity contribution in [2.45, 2.75) is 33.0 Å². The molecular formula is C20H22FN3O. The van der Waals surface area contributed by atoms with Gasteiger partial charge in [-0.3, -0.25) is 5.10 Å². The largest absolute Gasteiger partial charge is 0.489 e. The third-order valence-electron chi connectivity index (χ3n) is 4.23. The van der Waals surface area contributed by atoms with E-state index >= 15 is 0 Å². The van der Waals surface area contributed by atoms with Gasteiger partial charge in [-0.2, -0.15) is 5.10 Å². The lowest BCUT2D eigenvalue weighted by atomic mass is 10.1. The summed E-state index contributed by atoms with van der Waals surface area (Å²) in [4.78, 5) is 0. The first-order valence-electron chi connectivity index (χ1n) is 8.31. The van der Waals surface area contributed by atoms with E-state index in [1.165, 1.54) is 23.3 Å². The molecule has 0 aliphatic heterocycles. The Morgan fingerprint density at radius 1 is 1.12 bits per heavy atom. The second kappa shape index (κ2) is 7.94. The topological polar surface area (TPSA) is 49.9 Å². The molecule has 0 saturated carbocycles. The van der Waals surface area contributed by atoms with Crippen LogP contribution in [0.1, 0.15) is 35.3 Å². The first kappa shape index (κ1) is 17.2. The van der Waals surface area contributed by atoms with Crippen molar-refractivity contribution in [2.75, 3.05) is 0 Å². The van der Waals surface area contributed by atoms with Crippen LogP contribution in [0.4, 0.5) is 4.39 Å². The maximum absolute atomic E-state index is 12.9. The summed E-state index contributed by atoms with van der Waals surface area (Å²) in [5.74, 6) is 0.561. The summed E-state index contributed by atoms with van der Waals surface area (Å²) in [6.07, 6.45) is 1.85. The molecule has 1 aromatic heterocycles. The van der Waals surface area contributed by atoms with Gasteiger partial charge >= 0.3 is 0 Å². The van der Waals surface area contributed by atoms with E-state index in [1.54, 1.807) is 12.1 Å². The van der Waals surface area contributed by atoms with Crippen LogP contribution in [-0.2, 0) is 13.2 Å². The van der Waals surface area contributed by atoms with Gasteiger partial charge in [-0.1, -0.05) is 24.3 Å². The minimum Gasteiger partial charge on any atom is -0.489 e. The second-order valence-electron chi connectivity index (χ2n) is 6.11. The number of nitrogens with zero attached hydrogens (tertiary/aromatic N) is 1. The van der Waals surface area contributed by atoms with E-state index in [9.17, 15) is 4.39 Å². The molecule has 0 radical (unpaired) electrons. The van der Waals surface area contributed by atoms with Crippen molar-refractivity contribution in [2.24, 2.45) is 0 Å². The quantitative estimate of drug-likeness (QED) is 0.675. The molecule has 2 N–H and O–H groups in total. The molecule has 25 heavy (non-hydrogen) atoms. The number of benzene rings is 2. The molecule has 0 bridgehead atoms. The molecule has 1 heterocycles. The van der Waals surface area contributed by atoms with E-state index < -0.39 is 0 Å². The fourth-order valence-corrected chi connectivity index (χ4v) is 2.53. The first-order valence-corrected chi connectivity index (χ1v) is 8.31. The third kappa shape index (κ3) is 4.67.